The lowest BCUT2D eigenvalue weighted by Crippen LogP contribution is -2.48. The third-order valence-electron chi connectivity index (χ3n) is 8.97. The number of likely N-dealkylation sites (tertiary alicyclic amines) is 2. The summed E-state index contributed by atoms with van der Waals surface area (Å²) in [5.74, 6) is 0. The first-order valence-corrected chi connectivity index (χ1v) is 23.6. The molecule has 3 aliphatic heterocycles. The first-order chi connectivity index (χ1) is 27.1. The molecular formula is C33H42Br4N10O8S2. The number of carbonyl (C=O) groups is 2. The molecule has 5 N–H and O–H groups in total. The standard InChI is InChI=1S/C17H21Br2N5O4S.C16H21Br2N5O4S/c18-12-1-2-15(19)16(7-12)29(26,27)22-13-8-14(24(10-13)11-20)9-21-17(25)23-3-5-28-6-4-23;1-27-5-4-20-16(24)21-8-13-7-12(9-23(13)10-19)22-28(25,26)15-6-11(17)2-3-14(15)18/h1-2,7,13-14,22H,3-6,8-10H2,(H,21,25);2-3,6,12-13,22H,4-5,7-9H2,1H3,(H2,20,21,24)/t13-,14-;12-,13-/m11/s1. The van der Waals surface area contributed by atoms with Gasteiger partial charge in [-0.15, -0.1) is 0 Å². The number of nitrogens with one attached hydrogen (secondary N) is 5. The number of hydrogen-bond donors (Lipinski definition) is 5. The molecule has 0 radical (unpaired) electrons. The van der Waals surface area contributed by atoms with Crippen LogP contribution in [-0.2, 0) is 29.5 Å². The molecular weight excluding hydrogens is 1050 g/mol. The second kappa shape index (κ2) is 22.0. The molecule has 0 spiro atoms. The quantitative estimate of drug-likeness (QED) is 0.144. The van der Waals surface area contributed by atoms with E-state index in [4.69, 9.17) is 9.47 Å². The zero-order valence-electron chi connectivity index (χ0n) is 30.6. The van der Waals surface area contributed by atoms with E-state index in [1.54, 1.807) is 29.2 Å². The molecule has 0 bridgehead atoms. The lowest BCUT2D eigenvalue weighted by atomic mass is 10.2. The number of urea groups is 2. The van der Waals surface area contributed by atoms with Gasteiger partial charge < -0.3 is 40.1 Å². The predicted octanol–water partition coefficient (Wildman–Crippen LogP) is 2.82. The van der Waals surface area contributed by atoms with E-state index in [9.17, 15) is 36.9 Å². The molecule has 57 heavy (non-hydrogen) atoms. The van der Waals surface area contributed by atoms with Crippen molar-refractivity contribution in [3.8, 4) is 12.4 Å². The molecule has 0 aliphatic carbocycles. The third-order valence-corrected chi connectivity index (χ3v) is 15.0. The van der Waals surface area contributed by atoms with Gasteiger partial charge in [0.1, 0.15) is 0 Å². The summed E-state index contributed by atoms with van der Waals surface area (Å²) in [4.78, 5) is 28.9. The summed E-state index contributed by atoms with van der Waals surface area (Å²) in [7, 11) is -6.01. The second-order valence-corrected chi connectivity index (χ2v) is 19.9. The van der Waals surface area contributed by atoms with Gasteiger partial charge in [0.2, 0.25) is 20.0 Å². The zero-order chi connectivity index (χ0) is 41.8. The van der Waals surface area contributed by atoms with Gasteiger partial charge in [-0.05, 0) is 81.1 Å². The maximum atomic E-state index is 12.8. The molecule has 5 rings (SSSR count). The summed E-state index contributed by atoms with van der Waals surface area (Å²) >= 11 is 13.1. The fraction of sp³-hybridized carbons (Fsp3) is 0.515. The first kappa shape index (κ1) is 46.9. The minimum absolute atomic E-state index is 0.115. The van der Waals surface area contributed by atoms with Crippen LogP contribution < -0.4 is 25.4 Å². The number of methoxy groups -OCH3 is 1. The Balaban J connectivity index is 0.000000253. The number of ether oxygens (including phenoxy) is 2. The van der Waals surface area contributed by atoms with Crippen molar-refractivity contribution in [1.29, 1.82) is 10.5 Å². The number of hydrogen-bond acceptors (Lipinski definition) is 12. The lowest BCUT2D eigenvalue weighted by molar-refractivity contribution is 0.0529. The first-order valence-electron chi connectivity index (χ1n) is 17.5. The lowest BCUT2D eigenvalue weighted by Gasteiger charge is -2.28. The number of amides is 4. The Labute approximate surface area is 365 Å². The van der Waals surface area contributed by atoms with Crippen LogP contribution in [0, 0.1) is 22.9 Å². The molecule has 0 unspecified atom stereocenters. The molecule has 3 fully saturated rings. The van der Waals surface area contributed by atoms with Crippen molar-refractivity contribution >= 4 is 95.8 Å². The van der Waals surface area contributed by atoms with Crippen LogP contribution in [0.15, 0.2) is 64.1 Å². The van der Waals surface area contributed by atoms with E-state index in [0.29, 0.717) is 70.2 Å². The normalized spacial score (nSPS) is 20.9. The summed E-state index contributed by atoms with van der Waals surface area (Å²) in [6, 6.07) is 7.78. The number of nitriles is 2. The average Bonchev–Trinajstić information content (AvgIpc) is 3.76. The number of benzene rings is 2. The van der Waals surface area contributed by atoms with E-state index >= 15 is 0 Å². The smallest absolute Gasteiger partial charge is 0.317 e. The number of halogens is 4. The van der Waals surface area contributed by atoms with Gasteiger partial charge in [0, 0.05) is 82.9 Å². The Morgan fingerprint density at radius 1 is 0.789 bits per heavy atom. The molecule has 2 aromatic carbocycles. The Kier molecular flexibility index (Phi) is 18.1. The topological polar surface area (TPSA) is 238 Å². The highest BCUT2D eigenvalue weighted by Crippen LogP contribution is 2.28. The molecule has 24 heteroatoms. The van der Waals surface area contributed by atoms with Gasteiger partial charge >= 0.3 is 12.1 Å². The fourth-order valence-electron chi connectivity index (χ4n) is 6.19. The monoisotopic (exact) mass is 1090 g/mol. The highest BCUT2D eigenvalue weighted by atomic mass is 79.9. The van der Waals surface area contributed by atoms with Gasteiger partial charge in [-0.25, -0.2) is 35.9 Å². The highest BCUT2D eigenvalue weighted by molar-refractivity contribution is 9.11. The molecule has 312 valence electrons. The van der Waals surface area contributed by atoms with Crippen molar-refractivity contribution in [3.63, 3.8) is 0 Å². The van der Waals surface area contributed by atoms with Crippen molar-refractivity contribution in [2.45, 2.75) is 46.8 Å². The van der Waals surface area contributed by atoms with Gasteiger partial charge in [0.25, 0.3) is 0 Å². The van der Waals surface area contributed by atoms with Crippen molar-refractivity contribution in [1.82, 2.24) is 40.1 Å². The maximum Gasteiger partial charge on any atom is 0.317 e. The number of rotatable bonds is 13. The van der Waals surface area contributed by atoms with E-state index in [1.807, 2.05) is 0 Å². The van der Waals surface area contributed by atoms with Gasteiger partial charge in [-0.3, -0.25) is 0 Å². The van der Waals surface area contributed by atoms with Crippen molar-refractivity contribution < 1.29 is 35.9 Å². The molecule has 2 aromatic rings. The number of nitrogens with zero attached hydrogens (tertiary/aromatic N) is 5. The summed E-state index contributed by atoms with van der Waals surface area (Å²) < 4.78 is 68.6. The van der Waals surface area contributed by atoms with Crippen molar-refractivity contribution in [2.24, 2.45) is 0 Å². The van der Waals surface area contributed by atoms with Crippen LogP contribution >= 0.6 is 63.7 Å². The largest absolute Gasteiger partial charge is 0.383 e. The predicted molar refractivity (Wildman–Crippen MR) is 222 cm³/mol. The molecule has 4 atom stereocenters. The van der Waals surface area contributed by atoms with Gasteiger partial charge in [-0.1, -0.05) is 31.9 Å². The van der Waals surface area contributed by atoms with E-state index in [2.05, 4.69) is 102 Å². The van der Waals surface area contributed by atoms with Crippen LogP contribution in [0.1, 0.15) is 12.8 Å². The van der Waals surface area contributed by atoms with Crippen molar-refractivity contribution in [2.75, 3.05) is 72.7 Å². The van der Waals surface area contributed by atoms with Crippen LogP contribution in [0.5, 0.6) is 0 Å². The Morgan fingerprint density at radius 3 is 1.72 bits per heavy atom. The van der Waals surface area contributed by atoms with Crippen LogP contribution in [0.25, 0.3) is 0 Å². The summed E-state index contributed by atoms with van der Waals surface area (Å²) in [5.41, 5.74) is 0. The average molecular weight is 1090 g/mol. The second-order valence-electron chi connectivity index (χ2n) is 13.0. The van der Waals surface area contributed by atoms with Crippen LogP contribution in [0.4, 0.5) is 9.59 Å². The summed E-state index contributed by atoms with van der Waals surface area (Å²) in [5, 5.41) is 26.9. The number of sulfonamides is 2. The Morgan fingerprint density at radius 2 is 1.26 bits per heavy atom. The molecule has 3 heterocycles. The van der Waals surface area contributed by atoms with Crippen molar-refractivity contribution in [3.05, 3.63) is 54.3 Å². The number of carbonyl (C=O) groups excluding carboxylic acids is 2. The molecule has 0 saturated carbocycles. The van der Waals surface area contributed by atoms with Crippen LogP contribution in [0.2, 0.25) is 0 Å². The Bertz CT molecular complexity index is 2030. The van der Waals surface area contributed by atoms with E-state index in [0.717, 1.165) is 0 Å². The minimum Gasteiger partial charge on any atom is -0.383 e. The summed E-state index contributed by atoms with van der Waals surface area (Å²) in [6.45, 7) is 3.83. The minimum atomic E-state index is -3.77. The van der Waals surface area contributed by atoms with Gasteiger partial charge in [-0.2, -0.15) is 10.5 Å². The van der Waals surface area contributed by atoms with E-state index < -0.39 is 32.1 Å². The SMILES string of the molecule is COCCNC(=O)NC[C@H]1C[C@@H](NS(=O)(=O)c2cc(Br)ccc2Br)CN1C#N.N#CN1C[C@H](NS(=O)(=O)c2cc(Br)ccc2Br)C[C@@H]1CNC(=O)N1CCOCC1. The Hall–Kier alpha value is -2.78. The number of morpholine rings is 1. The van der Waals surface area contributed by atoms with Crippen LogP contribution in [0.3, 0.4) is 0 Å². The fourth-order valence-corrected chi connectivity index (χ4v) is 11.7. The molecule has 0 aromatic heterocycles. The molecule has 3 saturated heterocycles. The van der Waals surface area contributed by atoms with E-state index in [-0.39, 0.29) is 60.1 Å². The molecule has 18 nitrogen and oxygen atoms in total. The van der Waals surface area contributed by atoms with Crippen LogP contribution in [-0.4, -0.2) is 141 Å². The molecule has 3 aliphatic rings. The third kappa shape index (κ3) is 13.9. The summed E-state index contributed by atoms with van der Waals surface area (Å²) in [6.07, 6.45) is 4.96. The zero-order valence-corrected chi connectivity index (χ0v) is 38.6. The molecule has 4 amide bonds. The van der Waals surface area contributed by atoms with E-state index in [1.165, 1.54) is 29.0 Å². The highest BCUT2D eigenvalue weighted by Gasteiger charge is 2.36. The van der Waals surface area contributed by atoms with Gasteiger partial charge in [0.15, 0.2) is 12.4 Å². The van der Waals surface area contributed by atoms with Gasteiger partial charge in [0.05, 0.1) is 41.7 Å². The maximum absolute atomic E-state index is 12.8.